The van der Waals surface area contributed by atoms with Crippen molar-refractivity contribution in [2.45, 2.75) is 37.7 Å². The molecule has 4 rings (SSSR count). The van der Waals surface area contributed by atoms with E-state index in [2.05, 4.69) is 10.3 Å². The minimum atomic E-state index is -1.30. The molecular weight excluding hydrogens is 405 g/mol. The third-order valence-electron chi connectivity index (χ3n) is 5.55. The lowest BCUT2D eigenvalue weighted by Crippen LogP contribution is -2.36. The van der Waals surface area contributed by atoms with Gasteiger partial charge >= 0.3 is 13.1 Å². The molecule has 1 amide bonds. The van der Waals surface area contributed by atoms with Crippen LogP contribution in [-0.4, -0.2) is 73.9 Å². The number of nitrogens with two attached hydrogens (primary N) is 1. The van der Waals surface area contributed by atoms with Crippen molar-refractivity contribution >= 4 is 24.8 Å². The number of para-hydroxylation sites is 1. The molecule has 1 saturated heterocycles. The summed E-state index contributed by atoms with van der Waals surface area (Å²) >= 11 is 0. The van der Waals surface area contributed by atoms with Crippen LogP contribution in [0.4, 0.5) is 0 Å². The van der Waals surface area contributed by atoms with Gasteiger partial charge in [0.1, 0.15) is 12.3 Å². The maximum atomic E-state index is 12.5. The topological polar surface area (TPSA) is 161 Å². The number of carboxylic acid groups (broad SMARTS) is 1. The molecule has 0 aliphatic carbocycles. The second-order valence-corrected chi connectivity index (χ2v) is 7.92. The van der Waals surface area contributed by atoms with Crippen LogP contribution in [0.25, 0.3) is 0 Å². The zero-order valence-corrected chi connectivity index (χ0v) is 16.7. The van der Waals surface area contributed by atoms with Gasteiger partial charge in [-0.25, -0.2) is 9.48 Å². The second-order valence-electron chi connectivity index (χ2n) is 7.92. The van der Waals surface area contributed by atoms with E-state index in [0.717, 1.165) is 6.42 Å². The third kappa shape index (κ3) is 4.44. The zero-order chi connectivity index (χ0) is 22.1. The average Bonchev–Trinajstić information content (AvgIpc) is 3.36. The van der Waals surface area contributed by atoms with Crippen molar-refractivity contribution in [3.8, 4) is 5.75 Å². The number of nitrogens with zero attached hydrogens (tertiary/aromatic N) is 4. The first-order valence-corrected chi connectivity index (χ1v) is 9.98. The SMILES string of the molecule is N[C@@H]1CCN(C(=O)c2cn(CC(=O)C[C@H]3Cc4cccc(C(=O)O)c4OB3O)nn2)C1. The van der Waals surface area contributed by atoms with E-state index in [0.29, 0.717) is 25.1 Å². The van der Waals surface area contributed by atoms with Gasteiger partial charge in [0.15, 0.2) is 11.5 Å². The minimum absolute atomic E-state index is 0.00201. The van der Waals surface area contributed by atoms with Crippen molar-refractivity contribution in [1.29, 1.82) is 0 Å². The number of carbonyl (C=O) groups is 3. The number of carbonyl (C=O) groups excluding carboxylic acids is 2. The van der Waals surface area contributed by atoms with Crippen molar-refractivity contribution in [1.82, 2.24) is 19.9 Å². The number of likely N-dealkylation sites (tertiary alicyclic amines) is 1. The summed E-state index contributed by atoms with van der Waals surface area (Å²) in [4.78, 5) is 37.9. The summed E-state index contributed by atoms with van der Waals surface area (Å²) in [5.41, 5.74) is 6.57. The van der Waals surface area contributed by atoms with E-state index in [4.69, 9.17) is 10.4 Å². The Hall–Kier alpha value is -3.25. The lowest BCUT2D eigenvalue weighted by Gasteiger charge is -2.27. The molecule has 3 heterocycles. The molecule has 31 heavy (non-hydrogen) atoms. The van der Waals surface area contributed by atoms with Crippen LogP contribution >= 0.6 is 0 Å². The lowest BCUT2D eigenvalue weighted by molar-refractivity contribution is -0.120. The predicted octanol–water partition coefficient (Wildman–Crippen LogP) is -0.406. The van der Waals surface area contributed by atoms with Gasteiger partial charge in [0.2, 0.25) is 0 Å². The van der Waals surface area contributed by atoms with Gasteiger partial charge < -0.3 is 25.4 Å². The minimum Gasteiger partial charge on any atom is -0.535 e. The van der Waals surface area contributed by atoms with E-state index in [9.17, 15) is 24.5 Å². The Morgan fingerprint density at radius 1 is 1.32 bits per heavy atom. The van der Waals surface area contributed by atoms with Crippen molar-refractivity contribution < 1.29 is 29.2 Å². The Morgan fingerprint density at radius 2 is 2.13 bits per heavy atom. The van der Waals surface area contributed by atoms with E-state index < -0.39 is 18.9 Å². The standard InChI is InChI=1S/C19H22BN5O6/c21-13-4-5-24(8-13)18(27)16-10-25(23-22-16)9-14(26)7-12-6-11-2-1-3-15(19(28)29)17(11)31-20(12)30/h1-3,10,12-13,30H,4-9,21H2,(H,28,29)/t12-,13-/m1/s1. The van der Waals surface area contributed by atoms with E-state index in [1.165, 1.54) is 16.9 Å². The molecule has 0 radical (unpaired) electrons. The number of hydrogen-bond acceptors (Lipinski definition) is 8. The number of amides is 1. The van der Waals surface area contributed by atoms with Gasteiger partial charge in [0, 0.05) is 31.4 Å². The first kappa shape index (κ1) is 21.0. The highest BCUT2D eigenvalue weighted by Gasteiger charge is 2.37. The third-order valence-corrected chi connectivity index (χ3v) is 5.55. The number of rotatable bonds is 6. The van der Waals surface area contributed by atoms with Crippen molar-refractivity contribution in [2.24, 2.45) is 5.73 Å². The van der Waals surface area contributed by atoms with Gasteiger partial charge in [-0.2, -0.15) is 0 Å². The number of ketones is 1. The summed E-state index contributed by atoms with van der Waals surface area (Å²) in [6.45, 7) is 0.927. The first-order chi connectivity index (χ1) is 14.8. The number of aromatic carboxylic acids is 1. The number of hydrogen-bond donors (Lipinski definition) is 3. The van der Waals surface area contributed by atoms with Gasteiger partial charge in [-0.05, 0) is 24.5 Å². The highest BCUT2D eigenvalue weighted by molar-refractivity contribution is 6.47. The number of benzene rings is 1. The molecular formula is C19H22BN5O6. The fourth-order valence-electron chi connectivity index (χ4n) is 3.97. The molecule has 2 aliphatic heterocycles. The van der Waals surface area contributed by atoms with E-state index in [1.807, 2.05) is 0 Å². The van der Waals surface area contributed by atoms with Crippen LogP contribution in [0.5, 0.6) is 5.75 Å². The molecule has 0 unspecified atom stereocenters. The molecule has 4 N–H and O–H groups in total. The molecule has 1 aromatic heterocycles. The normalized spacial score (nSPS) is 20.3. The van der Waals surface area contributed by atoms with Gasteiger partial charge in [-0.3, -0.25) is 9.59 Å². The van der Waals surface area contributed by atoms with Crippen LogP contribution in [-0.2, 0) is 17.8 Å². The second kappa shape index (κ2) is 8.48. The van der Waals surface area contributed by atoms with Gasteiger partial charge in [-0.1, -0.05) is 17.3 Å². The summed E-state index contributed by atoms with van der Waals surface area (Å²) < 4.78 is 6.71. The van der Waals surface area contributed by atoms with Crippen LogP contribution < -0.4 is 10.4 Å². The quantitative estimate of drug-likeness (QED) is 0.521. The molecule has 2 aliphatic rings. The van der Waals surface area contributed by atoms with Crippen LogP contribution in [0.1, 0.15) is 39.3 Å². The Kier molecular flexibility index (Phi) is 5.74. The highest BCUT2D eigenvalue weighted by atomic mass is 16.5. The van der Waals surface area contributed by atoms with E-state index >= 15 is 0 Å². The molecule has 0 spiro atoms. The number of fused-ring (bicyclic) bond motifs is 1. The average molecular weight is 427 g/mol. The Morgan fingerprint density at radius 3 is 2.84 bits per heavy atom. The fourth-order valence-corrected chi connectivity index (χ4v) is 3.97. The summed E-state index contributed by atoms with van der Waals surface area (Å²) in [6.07, 6.45) is 2.47. The molecule has 162 valence electrons. The summed E-state index contributed by atoms with van der Waals surface area (Å²) in [5.74, 6) is -2.04. The van der Waals surface area contributed by atoms with E-state index in [-0.39, 0.29) is 47.7 Å². The Labute approximate surface area is 177 Å². The van der Waals surface area contributed by atoms with Crippen LogP contribution in [0, 0.1) is 0 Å². The summed E-state index contributed by atoms with van der Waals surface area (Å²) in [5, 5.41) is 27.3. The van der Waals surface area contributed by atoms with E-state index in [1.54, 1.807) is 17.0 Å². The number of Topliss-reactive ketones (excluding diaryl/α,β-unsaturated/α-hetero) is 1. The summed E-state index contributed by atoms with van der Waals surface area (Å²) in [7, 11) is -1.30. The fraction of sp³-hybridized carbons (Fsp3) is 0.421. The zero-order valence-electron chi connectivity index (χ0n) is 16.7. The number of aromatic nitrogens is 3. The first-order valence-electron chi connectivity index (χ1n) is 9.98. The smallest absolute Gasteiger partial charge is 0.526 e. The molecule has 12 heteroatoms. The Balaban J connectivity index is 1.37. The van der Waals surface area contributed by atoms with Crippen LogP contribution in [0.15, 0.2) is 24.4 Å². The number of carboxylic acids is 1. The molecule has 0 bridgehead atoms. The van der Waals surface area contributed by atoms with Crippen LogP contribution in [0.3, 0.4) is 0 Å². The monoisotopic (exact) mass is 427 g/mol. The largest absolute Gasteiger partial charge is 0.535 e. The molecule has 2 aromatic rings. The highest BCUT2D eigenvalue weighted by Crippen LogP contribution is 2.36. The predicted molar refractivity (Wildman–Crippen MR) is 108 cm³/mol. The molecule has 1 fully saturated rings. The van der Waals surface area contributed by atoms with Crippen molar-refractivity contribution in [3.05, 3.63) is 41.2 Å². The maximum absolute atomic E-state index is 12.5. The molecule has 1 aromatic carbocycles. The van der Waals surface area contributed by atoms with Gasteiger partial charge in [-0.15, -0.1) is 5.10 Å². The molecule has 11 nitrogen and oxygen atoms in total. The van der Waals surface area contributed by atoms with Gasteiger partial charge in [0.05, 0.1) is 11.8 Å². The van der Waals surface area contributed by atoms with Crippen molar-refractivity contribution in [3.63, 3.8) is 0 Å². The lowest BCUT2D eigenvalue weighted by atomic mass is 9.64. The summed E-state index contributed by atoms with van der Waals surface area (Å²) in [6, 6.07) is 4.67. The van der Waals surface area contributed by atoms with Gasteiger partial charge in [0.25, 0.3) is 5.91 Å². The molecule has 2 atom stereocenters. The maximum Gasteiger partial charge on any atom is 0.526 e. The van der Waals surface area contributed by atoms with Crippen molar-refractivity contribution in [2.75, 3.05) is 13.1 Å². The Bertz CT molecular complexity index is 1030. The molecule has 0 saturated carbocycles. The van der Waals surface area contributed by atoms with Crippen LogP contribution in [0.2, 0.25) is 5.82 Å².